The highest BCUT2D eigenvalue weighted by Gasteiger charge is 2.26. The number of nitrogens with zero attached hydrogens (tertiary/aromatic N) is 3. The Balaban J connectivity index is 2.06. The van der Waals surface area contributed by atoms with Crippen LogP contribution in [0.25, 0.3) is 10.2 Å². The van der Waals surface area contributed by atoms with Crippen molar-refractivity contribution < 1.29 is 14.3 Å². The number of hydrogen-bond acceptors (Lipinski definition) is 6. The number of rotatable bonds is 7. The number of aromatic nitrogens is 1. The van der Waals surface area contributed by atoms with Crippen molar-refractivity contribution >= 4 is 38.6 Å². The molecule has 0 aliphatic heterocycles. The summed E-state index contributed by atoms with van der Waals surface area (Å²) >= 11 is 1.51. The van der Waals surface area contributed by atoms with Gasteiger partial charge in [0.15, 0.2) is 5.13 Å². The molecule has 0 aliphatic carbocycles. The SMILES string of the molecule is COC(=O)c1ccccc1C(=O)N(CCCN(C)C)c1nc2c(C)ccc(C)c2s1. The average molecular weight is 426 g/mol. The van der Waals surface area contributed by atoms with E-state index >= 15 is 0 Å². The van der Waals surface area contributed by atoms with E-state index in [1.807, 2.05) is 27.1 Å². The molecule has 158 valence electrons. The molecule has 0 saturated heterocycles. The molecular weight excluding hydrogens is 398 g/mol. The molecule has 0 saturated carbocycles. The molecule has 0 atom stereocenters. The number of methoxy groups -OCH3 is 1. The number of thiazole rings is 1. The van der Waals surface area contributed by atoms with Crippen LogP contribution in [0.4, 0.5) is 5.13 Å². The monoisotopic (exact) mass is 425 g/mol. The second-order valence-electron chi connectivity index (χ2n) is 7.52. The van der Waals surface area contributed by atoms with Crippen LogP contribution >= 0.6 is 11.3 Å². The number of esters is 1. The molecule has 7 heteroatoms. The van der Waals surface area contributed by atoms with Gasteiger partial charge in [-0.25, -0.2) is 9.78 Å². The zero-order valence-corrected chi connectivity index (χ0v) is 18.9. The summed E-state index contributed by atoms with van der Waals surface area (Å²) in [5, 5.41) is 0.644. The number of carbonyl (C=O) groups is 2. The molecular formula is C23H27N3O3S. The number of hydrogen-bond donors (Lipinski definition) is 0. The highest BCUT2D eigenvalue weighted by Crippen LogP contribution is 2.34. The van der Waals surface area contributed by atoms with Gasteiger partial charge in [-0.2, -0.15) is 0 Å². The van der Waals surface area contributed by atoms with E-state index in [2.05, 4.69) is 17.9 Å². The fourth-order valence-electron chi connectivity index (χ4n) is 3.30. The second kappa shape index (κ2) is 9.36. The molecule has 0 spiro atoms. The Bertz CT molecular complexity index is 1040. The molecule has 30 heavy (non-hydrogen) atoms. The summed E-state index contributed by atoms with van der Waals surface area (Å²) < 4.78 is 5.96. The number of fused-ring (bicyclic) bond motifs is 1. The number of amides is 1. The molecule has 3 rings (SSSR count). The lowest BCUT2D eigenvalue weighted by molar-refractivity contribution is 0.0597. The van der Waals surface area contributed by atoms with E-state index in [1.54, 1.807) is 29.2 Å². The number of anilines is 1. The summed E-state index contributed by atoms with van der Waals surface area (Å²) in [5.74, 6) is -0.771. The highest BCUT2D eigenvalue weighted by molar-refractivity contribution is 7.22. The normalized spacial score (nSPS) is 11.1. The molecule has 1 heterocycles. The number of benzene rings is 2. The van der Waals surface area contributed by atoms with Gasteiger partial charge in [-0.1, -0.05) is 35.6 Å². The van der Waals surface area contributed by atoms with Gasteiger partial charge in [0.1, 0.15) is 0 Å². The summed E-state index contributed by atoms with van der Waals surface area (Å²) in [5.41, 5.74) is 3.71. The van der Waals surface area contributed by atoms with Crippen molar-refractivity contribution in [2.75, 3.05) is 39.2 Å². The molecule has 0 radical (unpaired) electrons. The number of aryl methyl sites for hydroxylation is 2. The van der Waals surface area contributed by atoms with Gasteiger partial charge in [0, 0.05) is 6.54 Å². The van der Waals surface area contributed by atoms with Crippen LogP contribution in [0.2, 0.25) is 0 Å². The smallest absolute Gasteiger partial charge is 0.338 e. The van der Waals surface area contributed by atoms with Gasteiger partial charge in [-0.15, -0.1) is 0 Å². The third-order valence-corrected chi connectivity index (χ3v) is 6.17. The van der Waals surface area contributed by atoms with E-state index in [0.29, 0.717) is 17.2 Å². The quantitative estimate of drug-likeness (QED) is 0.528. The van der Waals surface area contributed by atoms with Gasteiger partial charge < -0.3 is 9.64 Å². The molecule has 0 bridgehead atoms. The molecule has 1 aromatic heterocycles. The van der Waals surface area contributed by atoms with E-state index in [-0.39, 0.29) is 11.5 Å². The average Bonchev–Trinajstić information content (AvgIpc) is 3.19. The van der Waals surface area contributed by atoms with Crippen LogP contribution in [-0.2, 0) is 4.74 Å². The van der Waals surface area contributed by atoms with Gasteiger partial charge in [0.25, 0.3) is 5.91 Å². The molecule has 1 amide bonds. The molecule has 0 aliphatic rings. The Hall–Kier alpha value is -2.77. The second-order valence-corrected chi connectivity index (χ2v) is 8.50. The third-order valence-electron chi connectivity index (χ3n) is 4.96. The minimum Gasteiger partial charge on any atom is -0.465 e. The Labute approximate surface area is 181 Å². The lowest BCUT2D eigenvalue weighted by Gasteiger charge is -2.22. The van der Waals surface area contributed by atoms with Crippen LogP contribution in [0.1, 0.15) is 38.3 Å². The number of ether oxygens (including phenoxy) is 1. The molecule has 0 unspecified atom stereocenters. The van der Waals surface area contributed by atoms with Crippen molar-refractivity contribution in [1.82, 2.24) is 9.88 Å². The molecule has 6 nitrogen and oxygen atoms in total. The minimum atomic E-state index is -0.525. The van der Waals surface area contributed by atoms with E-state index in [0.717, 1.165) is 34.3 Å². The largest absolute Gasteiger partial charge is 0.465 e. The predicted molar refractivity (Wildman–Crippen MR) is 122 cm³/mol. The first-order chi connectivity index (χ1) is 14.3. The van der Waals surface area contributed by atoms with Gasteiger partial charge in [-0.05, 0) is 64.2 Å². The topological polar surface area (TPSA) is 62.7 Å². The molecule has 2 aromatic carbocycles. The molecule has 3 aromatic rings. The Kier molecular flexibility index (Phi) is 6.84. The van der Waals surface area contributed by atoms with Crippen molar-refractivity contribution in [2.45, 2.75) is 20.3 Å². The van der Waals surface area contributed by atoms with Crippen molar-refractivity contribution in [3.8, 4) is 0 Å². The predicted octanol–water partition coefficient (Wildman–Crippen LogP) is 4.30. The first kappa shape index (κ1) is 21.9. The summed E-state index contributed by atoms with van der Waals surface area (Å²) in [6, 6.07) is 10.9. The fourth-order valence-corrected chi connectivity index (χ4v) is 4.43. The Morgan fingerprint density at radius 2 is 1.67 bits per heavy atom. The van der Waals surface area contributed by atoms with E-state index in [4.69, 9.17) is 9.72 Å². The van der Waals surface area contributed by atoms with Crippen molar-refractivity contribution in [3.05, 3.63) is 58.7 Å². The maximum absolute atomic E-state index is 13.6. The zero-order chi connectivity index (χ0) is 21.8. The maximum atomic E-state index is 13.6. The van der Waals surface area contributed by atoms with Gasteiger partial charge in [0.2, 0.25) is 0 Å². The lowest BCUT2D eigenvalue weighted by Crippen LogP contribution is -2.34. The molecule has 0 N–H and O–H groups in total. The third kappa shape index (κ3) is 4.52. The maximum Gasteiger partial charge on any atom is 0.338 e. The first-order valence-corrected chi connectivity index (χ1v) is 10.7. The standard InChI is InChI=1S/C23H27N3O3S/c1-15-11-12-16(2)20-19(15)24-23(30-20)26(14-8-13-25(3)4)21(27)17-9-6-7-10-18(17)22(28)29-5/h6-7,9-12H,8,13-14H2,1-5H3. The molecule has 0 fully saturated rings. The summed E-state index contributed by atoms with van der Waals surface area (Å²) in [7, 11) is 5.32. The summed E-state index contributed by atoms with van der Waals surface area (Å²) in [4.78, 5) is 34.4. The Morgan fingerprint density at radius 3 is 2.30 bits per heavy atom. The highest BCUT2D eigenvalue weighted by atomic mass is 32.1. The Morgan fingerprint density at radius 1 is 1.00 bits per heavy atom. The number of carbonyl (C=O) groups excluding carboxylic acids is 2. The van der Waals surface area contributed by atoms with Gasteiger partial charge >= 0.3 is 5.97 Å². The van der Waals surface area contributed by atoms with Crippen LogP contribution in [0.5, 0.6) is 0 Å². The minimum absolute atomic E-state index is 0.246. The lowest BCUT2D eigenvalue weighted by atomic mass is 10.1. The summed E-state index contributed by atoms with van der Waals surface area (Å²) in [6.07, 6.45) is 0.785. The van der Waals surface area contributed by atoms with Crippen LogP contribution in [0.3, 0.4) is 0 Å². The van der Waals surface area contributed by atoms with Gasteiger partial charge in [0.05, 0.1) is 28.5 Å². The van der Waals surface area contributed by atoms with Crippen LogP contribution < -0.4 is 4.90 Å². The zero-order valence-electron chi connectivity index (χ0n) is 18.1. The van der Waals surface area contributed by atoms with E-state index in [9.17, 15) is 9.59 Å². The summed E-state index contributed by atoms with van der Waals surface area (Å²) in [6.45, 7) is 5.42. The van der Waals surface area contributed by atoms with E-state index < -0.39 is 5.97 Å². The van der Waals surface area contributed by atoms with Crippen molar-refractivity contribution in [2.24, 2.45) is 0 Å². The van der Waals surface area contributed by atoms with Crippen LogP contribution in [-0.4, -0.2) is 56.1 Å². The van der Waals surface area contributed by atoms with Gasteiger partial charge in [-0.3, -0.25) is 9.69 Å². The fraction of sp³-hybridized carbons (Fsp3) is 0.348. The van der Waals surface area contributed by atoms with Crippen LogP contribution in [0.15, 0.2) is 36.4 Å². The first-order valence-electron chi connectivity index (χ1n) is 9.84. The van der Waals surface area contributed by atoms with E-state index in [1.165, 1.54) is 18.4 Å². The van der Waals surface area contributed by atoms with Crippen LogP contribution in [0, 0.1) is 13.8 Å². The van der Waals surface area contributed by atoms with Crippen molar-refractivity contribution in [1.29, 1.82) is 0 Å². The van der Waals surface area contributed by atoms with Crippen molar-refractivity contribution in [3.63, 3.8) is 0 Å².